The fourth-order valence-corrected chi connectivity index (χ4v) is 3.85. The van der Waals surface area contributed by atoms with Crippen molar-refractivity contribution in [3.63, 3.8) is 0 Å². The van der Waals surface area contributed by atoms with Gasteiger partial charge in [-0.15, -0.1) is 11.3 Å². The number of benzene rings is 2. The molecule has 1 N–H and O–H groups in total. The van der Waals surface area contributed by atoms with Crippen LogP contribution in [0.25, 0.3) is 21.3 Å². The molecule has 27 heavy (non-hydrogen) atoms. The van der Waals surface area contributed by atoms with E-state index in [1.54, 1.807) is 19.1 Å². The van der Waals surface area contributed by atoms with Gasteiger partial charge in [-0.2, -0.15) is 0 Å². The van der Waals surface area contributed by atoms with E-state index in [1.165, 1.54) is 22.2 Å². The van der Waals surface area contributed by atoms with Gasteiger partial charge in [0.05, 0.1) is 11.7 Å². The molecule has 0 aliphatic carbocycles. The Morgan fingerprint density at radius 1 is 1.07 bits per heavy atom. The van der Waals surface area contributed by atoms with E-state index in [1.807, 2.05) is 53.9 Å². The third kappa shape index (κ3) is 3.27. The molecule has 2 aromatic heterocycles. The molecule has 0 radical (unpaired) electrons. The van der Waals surface area contributed by atoms with E-state index in [0.29, 0.717) is 15.9 Å². The first-order valence-corrected chi connectivity index (χ1v) is 9.43. The zero-order valence-electron chi connectivity index (χ0n) is 14.6. The van der Waals surface area contributed by atoms with E-state index < -0.39 is 6.04 Å². The van der Waals surface area contributed by atoms with E-state index in [0.717, 1.165) is 11.1 Å². The molecule has 2 heterocycles. The molecule has 134 valence electrons. The number of fused-ring (bicyclic) bond motifs is 1. The van der Waals surface area contributed by atoms with Crippen LogP contribution in [0.3, 0.4) is 0 Å². The van der Waals surface area contributed by atoms with Crippen molar-refractivity contribution in [1.29, 1.82) is 0 Å². The van der Waals surface area contributed by atoms with Gasteiger partial charge in [-0.1, -0.05) is 48.5 Å². The first-order valence-electron chi connectivity index (χ1n) is 8.55. The van der Waals surface area contributed by atoms with Crippen molar-refractivity contribution in [3.05, 3.63) is 82.7 Å². The number of nitrogens with zero attached hydrogens (tertiary/aromatic N) is 2. The molecule has 0 saturated heterocycles. The van der Waals surface area contributed by atoms with Gasteiger partial charge in [0.25, 0.3) is 5.56 Å². The average molecular weight is 375 g/mol. The molecule has 1 unspecified atom stereocenters. The van der Waals surface area contributed by atoms with E-state index >= 15 is 0 Å². The zero-order valence-corrected chi connectivity index (χ0v) is 15.4. The maximum Gasteiger partial charge on any atom is 0.263 e. The number of para-hydroxylation sites is 1. The number of amides is 1. The van der Waals surface area contributed by atoms with Crippen molar-refractivity contribution in [3.8, 4) is 11.1 Å². The minimum absolute atomic E-state index is 0.212. The second-order valence-corrected chi connectivity index (χ2v) is 7.04. The summed E-state index contributed by atoms with van der Waals surface area (Å²) in [6.07, 6.45) is 1.45. The van der Waals surface area contributed by atoms with Crippen LogP contribution in [0.1, 0.15) is 13.0 Å². The van der Waals surface area contributed by atoms with Crippen molar-refractivity contribution in [2.45, 2.75) is 13.0 Å². The standard InChI is InChI=1S/C21H17N3O2S/c1-14(19(25)23-16-10-6-3-7-11-16)24-13-22-20-18(21(24)26)17(12-27-20)15-8-4-2-5-9-15/h2-14H,1H3,(H,23,25). The van der Waals surface area contributed by atoms with Crippen molar-refractivity contribution >= 4 is 33.1 Å². The van der Waals surface area contributed by atoms with Crippen LogP contribution in [0.5, 0.6) is 0 Å². The monoisotopic (exact) mass is 375 g/mol. The summed E-state index contributed by atoms with van der Waals surface area (Å²) in [5, 5.41) is 5.32. The Labute approximate surface area is 159 Å². The summed E-state index contributed by atoms with van der Waals surface area (Å²) in [5.74, 6) is -0.263. The predicted molar refractivity (Wildman–Crippen MR) is 109 cm³/mol. The molecule has 0 saturated carbocycles. The summed E-state index contributed by atoms with van der Waals surface area (Å²) in [4.78, 5) is 30.8. The Balaban J connectivity index is 1.73. The lowest BCUT2D eigenvalue weighted by Gasteiger charge is -2.15. The predicted octanol–water partition coefficient (Wildman–Crippen LogP) is 4.32. The summed E-state index contributed by atoms with van der Waals surface area (Å²) in [7, 11) is 0. The molecule has 0 aliphatic heterocycles. The summed E-state index contributed by atoms with van der Waals surface area (Å²) in [5.41, 5.74) is 2.28. The van der Waals surface area contributed by atoms with Crippen molar-refractivity contribution < 1.29 is 4.79 Å². The number of hydrogen-bond donors (Lipinski definition) is 1. The maximum absolute atomic E-state index is 13.1. The van der Waals surface area contributed by atoms with Crippen LogP contribution in [-0.4, -0.2) is 15.5 Å². The second kappa shape index (κ2) is 7.17. The first kappa shape index (κ1) is 17.2. The molecule has 4 rings (SSSR count). The third-order valence-electron chi connectivity index (χ3n) is 4.44. The SMILES string of the molecule is CC(C(=O)Nc1ccccc1)n1cnc2scc(-c3ccccc3)c2c1=O. The first-order chi connectivity index (χ1) is 13.1. The van der Waals surface area contributed by atoms with Gasteiger partial charge >= 0.3 is 0 Å². The number of aromatic nitrogens is 2. The molecule has 1 amide bonds. The highest BCUT2D eigenvalue weighted by Crippen LogP contribution is 2.30. The van der Waals surface area contributed by atoms with Crippen LogP contribution in [0.4, 0.5) is 5.69 Å². The molecule has 6 heteroatoms. The maximum atomic E-state index is 13.1. The van der Waals surface area contributed by atoms with Gasteiger partial charge in [-0.05, 0) is 24.6 Å². The molecule has 5 nitrogen and oxygen atoms in total. The largest absolute Gasteiger partial charge is 0.324 e. The van der Waals surface area contributed by atoms with Crippen LogP contribution >= 0.6 is 11.3 Å². The number of anilines is 1. The van der Waals surface area contributed by atoms with Crippen LogP contribution in [0.2, 0.25) is 0 Å². The Morgan fingerprint density at radius 2 is 1.74 bits per heavy atom. The highest BCUT2D eigenvalue weighted by Gasteiger charge is 2.20. The van der Waals surface area contributed by atoms with Crippen LogP contribution in [0, 0.1) is 0 Å². The Morgan fingerprint density at radius 3 is 2.44 bits per heavy atom. The molecule has 4 aromatic rings. The number of nitrogens with one attached hydrogen (secondary N) is 1. The summed E-state index contributed by atoms with van der Waals surface area (Å²) in [6.45, 7) is 1.70. The number of carbonyl (C=O) groups is 1. The van der Waals surface area contributed by atoms with Gasteiger partial charge in [-0.3, -0.25) is 14.2 Å². The minimum Gasteiger partial charge on any atom is -0.324 e. The molecule has 0 fully saturated rings. The number of rotatable bonds is 4. The molecule has 0 spiro atoms. The lowest BCUT2D eigenvalue weighted by Crippen LogP contribution is -2.31. The quantitative estimate of drug-likeness (QED) is 0.578. The fourth-order valence-electron chi connectivity index (χ4n) is 2.95. The summed E-state index contributed by atoms with van der Waals surface area (Å²) in [6, 6.07) is 18.2. The van der Waals surface area contributed by atoms with Gasteiger partial charge in [-0.25, -0.2) is 4.98 Å². The van der Waals surface area contributed by atoms with Crippen LogP contribution in [0.15, 0.2) is 77.2 Å². The second-order valence-electron chi connectivity index (χ2n) is 6.18. The average Bonchev–Trinajstić information content (AvgIpc) is 3.14. The lowest BCUT2D eigenvalue weighted by atomic mass is 10.1. The number of thiophene rings is 1. The molecular weight excluding hydrogens is 358 g/mol. The van der Waals surface area contributed by atoms with Crippen molar-refractivity contribution in [1.82, 2.24) is 9.55 Å². The van der Waals surface area contributed by atoms with E-state index in [2.05, 4.69) is 10.3 Å². The highest BCUT2D eigenvalue weighted by molar-refractivity contribution is 7.17. The Kier molecular flexibility index (Phi) is 4.56. The summed E-state index contributed by atoms with van der Waals surface area (Å²) < 4.78 is 1.39. The molecular formula is C21H17N3O2S. The molecule has 0 bridgehead atoms. The van der Waals surface area contributed by atoms with Gasteiger partial charge in [0.15, 0.2) is 0 Å². The lowest BCUT2D eigenvalue weighted by molar-refractivity contribution is -0.118. The Hall–Kier alpha value is -3.25. The Bertz CT molecular complexity index is 1150. The van der Waals surface area contributed by atoms with Crippen molar-refractivity contribution in [2.75, 3.05) is 5.32 Å². The van der Waals surface area contributed by atoms with E-state index in [9.17, 15) is 9.59 Å². The highest BCUT2D eigenvalue weighted by atomic mass is 32.1. The number of hydrogen-bond acceptors (Lipinski definition) is 4. The number of carbonyl (C=O) groups excluding carboxylic acids is 1. The van der Waals surface area contributed by atoms with Gasteiger partial charge in [0.2, 0.25) is 5.91 Å². The van der Waals surface area contributed by atoms with E-state index in [-0.39, 0.29) is 11.5 Å². The van der Waals surface area contributed by atoms with E-state index in [4.69, 9.17) is 0 Å². The molecule has 1 atom stereocenters. The van der Waals surface area contributed by atoms with Crippen LogP contribution < -0.4 is 10.9 Å². The zero-order chi connectivity index (χ0) is 18.8. The van der Waals surface area contributed by atoms with Crippen molar-refractivity contribution in [2.24, 2.45) is 0 Å². The minimum atomic E-state index is -0.682. The normalized spacial score (nSPS) is 12.0. The van der Waals surface area contributed by atoms with Crippen LogP contribution in [-0.2, 0) is 4.79 Å². The van der Waals surface area contributed by atoms with Gasteiger partial charge in [0, 0.05) is 16.6 Å². The fraction of sp³-hybridized carbons (Fsp3) is 0.0952. The molecule has 0 aliphatic rings. The topological polar surface area (TPSA) is 64.0 Å². The van der Waals surface area contributed by atoms with Gasteiger partial charge in [0.1, 0.15) is 10.9 Å². The third-order valence-corrected chi connectivity index (χ3v) is 5.33. The molecule has 2 aromatic carbocycles. The summed E-state index contributed by atoms with van der Waals surface area (Å²) >= 11 is 1.43. The smallest absolute Gasteiger partial charge is 0.263 e. The van der Waals surface area contributed by atoms with Gasteiger partial charge < -0.3 is 5.32 Å².